The van der Waals surface area contributed by atoms with Crippen LogP contribution < -0.4 is 10.5 Å². The van der Waals surface area contributed by atoms with E-state index in [1.807, 2.05) is 60.7 Å². The maximum absolute atomic E-state index is 12.7. The van der Waals surface area contributed by atoms with Crippen molar-refractivity contribution in [2.24, 2.45) is 5.92 Å². The predicted molar refractivity (Wildman–Crippen MR) is 121 cm³/mol. The molecule has 1 saturated carbocycles. The van der Waals surface area contributed by atoms with Gasteiger partial charge in [0, 0.05) is 11.8 Å². The van der Waals surface area contributed by atoms with Crippen molar-refractivity contribution in [1.82, 2.24) is 15.0 Å². The van der Waals surface area contributed by atoms with Crippen LogP contribution in [0.5, 0.6) is 11.5 Å². The number of aromatic nitrogens is 3. The van der Waals surface area contributed by atoms with Crippen LogP contribution in [0.15, 0.2) is 72.4 Å². The third-order valence-electron chi connectivity index (χ3n) is 5.30. The molecular formula is C25H19N5O2. The van der Waals surface area contributed by atoms with Crippen LogP contribution in [0, 0.1) is 17.2 Å². The minimum absolute atomic E-state index is 0.0621. The maximum atomic E-state index is 12.7. The van der Waals surface area contributed by atoms with Gasteiger partial charge in [0.2, 0.25) is 11.6 Å². The van der Waals surface area contributed by atoms with Crippen LogP contribution in [0.1, 0.15) is 23.5 Å². The largest absolute Gasteiger partial charge is 0.457 e. The van der Waals surface area contributed by atoms with Gasteiger partial charge in [0.25, 0.3) is 0 Å². The van der Waals surface area contributed by atoms with Gasteiger partial charge in [-0.05, 0) is 48.6 Å². The van der Waals surface area contributed by atoms with E-state index in [2.05, 4.69) is 15.0 Å². The highest BCUT2D eigenvalue weighted by Crippen LogP contribution is 2.34. The lowest BCUT2D eigenvalue weighted by atomic mass is 10.1. The third-order valence-corrected chi connectivity index (χ3v) is 5.30. The van der Waals surface area contributed by atoms with Crippen LogP contribution in [-0.4, -0.2) is 20.7 Å². The van der Waals surface area contributed by atoms with Crippen LogP contribution in [0.3, 0.4) is 0 Å². The number of benzene rings is 2. The number of nitriles is 1. The van der Waals surface area contributed by atoms with E-state index in [-0.39, 0.29) is 17.2 Å². The quantitative estimate of drug-likeness (QED) is 0.256. The molecule has 0 spiro atoms. The van der Waals surface area contributed by atoms with Gasteiger partial charge in [0.15, 0.2) is 0 Å². The number of aromatic amines is 1. The van der Waals surface area contributed by atoms with E-state index in [1.54, 1.807) is 12.3 Å². The van der Waals surface area contributed by atoms with Crippen molar-refractivity contribution in [2.75, 3.05) is 5.73 Å². The van der Waals surface area contributed by atoms with E-state index in [9.17, 15) is 10.1 Å². The molecule has 1 aliphatic carbocycles. The standard InChI is InChI=1S/C25H19N5O2/c26-13-17(12-15-6-7-15)22(31)25-29-23(27)21-20(14-28-24(21)30-25)16-8-10-19(11-9-16)32-18-4-2-1-3-5-18/h1-5,8-12,14-15H,6-7H2,(H3,27,28,29,30). The number of para-hydroxylation sites is 1. The molecule has 1 fully saturated rings. The number of hydrogen-bond donors (Lipinski definition) is 2. The summed E-state index contributed by atoms with van der Waals surface area (Å²) < 4.78 is 5.84. The van der Waals surface area contributed by atoms with Gasteiger partial charge in [0.1, 0.15) is 29.0 Å². The summed E-state index contributed by atoms with van der Waals surface area (Å²) in [6, 6.07) is 19.1. The fourth-order valence-electron chi connectivity index (χ4n) is 3.50. The summed E-state index contributed by atoms with van der Waals surface area (Å²) in [7, 11) is 0. The van der Waals surface area contributed by atoms with Gasteiger partial charge in [-0.1, -0.05) is 36.4 Å². The number of fused-ring (bicyclic) bond motifs is 1. The lowest BCUT2D eigenvalue weighted by Gasteiger charge is -2.07. The molecule has 0 bridgehead atoms. The Balaban J connectivity index is 1.44. The SMILES string of the molecule is N#CC(=CC1CC1)C(=O)c1nc(N)c2c(-c3ccc(Oc4ccccc4)cc3)c[nH]c2n1. The molecule has 5 rings (SSSR count). The summed E-state index contributed by atoms with van der Waals surface area (Å²) in [6.45, 7) is 0. The van der Waals surface area contributed by atoms with Crippen molar-refractivity contribution in [3.63, 3.8) is 0 Å². The number of allylic oxidation sites excluding steroid dienone is 2. The molecule has 0 aliphatic heterocycles. The van der Waals surface area contributed by atoms with E-state index in [0.29, 0.717) is 22.7 Å². The number of rotatable bonds is 6. The second-order valence-electron chi connectivity index (χ2n) is 7.66. The summed E-state index contributed by atoms with van der Waals surface area (Å²) in [5.74, 6) is 1.36. The number of nitrogens with one attached hydrogen (secondary N) is 1. The molecule has 4 aromatic rings. The Bertz CT molecular complexity index is 1380. The van der Waals surface area contributed by atoms with E-state index >= 15 is 0 Å². The maximum Gasteiger partial charge on any atom is 0.240 e. The first-order valence-corrected chi connectivity index (χ1v) is 10.3. The first-order chi connectivity index (χ1) is 15.6. The summed E-state index contributed by atoms with van der Waals surface area (Å²) in [5.41, 5.74) is 8.44. The molecule has 156 valence electrons. The zero-order chi connectivity index (χ0) is 22.1. The summed E-state index contributed by atoms with van der Waals surface area (Å²) >= 11 is 0. The number of carbonyl (C=O) groups excluding carboxylic acids is 1. The molecule has 7 heteroatoms. The molecule has 0 amide bonds. The van der Waals surface area contributed by atoms with Gasteiger partial charge in [-0.15, -0.1) is 0 Å². The fraction of sp³-hybridized carbons (Fsp3) is 0.120. The first kappa shape index (κ1) is 19.5. The Morgan fingerprint density at radius 3 is 2.50 bits per heavy atom. The lowest BCUT2D eigenvalue weighted by Crippen LogP contribution is -2.10. The van der Waals surface area contributed by atoms with Gasteiger partial charge in [-0.3, -0.25) is 4.79 Å². The fourth-order valence-corrected chi connectivity index (χ4v) is 3.50. The molecule has 2 heterocycles. The van der Waals surface area contributed by atoms with Crippen molar-refractivity contribution in [2.45, 2.75) is 12.8 Å². The highest BCUT2D eigenvalue weighted by atomic mass is 16.5. The summed E-state index contributed by atoms with van der Waals surface area (Å²) in [5, 5.41) is 9.97. The third kappa shape index (κ3) is 3.82. The molecule has 0 unspecified atom stereocenters. The van der Waals surface area contributed by atoms with Gasteiger partial charge in [0.05, 0.1) is 11.0 Å². The molecule has 1 aliphatic rings. The molecule has 2 aromatic heterocycles. The molecule has 0 saturated heterocycles. The smallest absolute Gasteiger partial charge is 0.240 e. The zero-order valence-corrected chi connectivity index (χ0v) is 17.1. The highest BCUT2D eigenvalue weighted by Gasteiger charge is 2.24. The van der Waals surface area contributed by atoms with E-state index in [1.165, 1.54) is 0 Å². The monoisotopic (exact) mass is 421 g/mol. The number of nitrogens with zero attached hydrogens (tertiary/aromatic N) is 3. The van der Waals surface area contributed by atoms with E-state index in [4.69, 9.17) is 10.5 Å². The number of ketones is 1. The number of ether oxygens (including phenoxy) is 1. The number of Topliss-reactive ketones (excluding diaryl/α,β-unsaturated/α-hetero) is 1. The van der Waals surface area contributed by atoms with Gasteiger partial charge in [-0.25, -0.2) is 9.97 Å². The zero-order valence-electron chi connectivity index (χ0n) is 17.1. The number of H-pyrrole nitrogens is 1. The topological polar surface area (TPSA) is 118 Å². The molecule has 3 N–H and O–H groups in total. The number of carbonyl (C=O) groups is 1. The lowest BCUT2D eigenvalue weighted by molar-refractivity contribution is 0.102. The average molecular weight is 421 g/mol. The second-order valence-corrected chi connectivity index (χ2v) is 7.66. The van der Waals surface area contributed by atoms with Crippen LogP contribution in [0.2, 0.25) is 0 Å². The predicted octanol–water partition coefficient (Wildman–Crippen LogP) is 5.04. The van der Waals surface area contributed by atoms with E-state index in [0.717, 1.165) is 29.7 Å². The summed E-state index contributed by atoms with van der Waals surface area (Å²) in [6.07, 6.45) is 5.47. The van der Waals surface area contributed by atoms with Crippen LogP contribution in [-0.2, 0) is 0 Å². The van der Waals surface area contributed by atoms with E-state index < -0.39 is 5.78 Å². The Labute approximate surface area is 184 Å². The number of anilines is 1. The molecule has 2 aromatic carbocycles. The second kappa shape index (κ2) is 8.00. The van der Waals surface area contributed by atoms with Crippen LogP contribution in [0.4, 0.5) is 5.82 Å². The van der Waals surface area contributed by atoms with Crippen molar-refractivity contribution < 1.29 is 9.53 Å². The Morgan fingerprint density at radius 1 is 1.09 bits per heavy atom. The first-order valence-electron chi connectivity index (χ1n) is 10.3. The summed E-state index contributed by atoms with van der Waals surface area (Å²) in [4.78, 5) is 24.3. The highest BCUT2D eigenvalue weighted by molar-refractivity contribution is 6.11. The molecular weight excluding hydrogens is 402 g/mol. The average Bonchev–Trinajstić information content (AvgIpc) is 3.54. The number of hydrogen-bond acceptors (Lipinski definition) is 6. The van der Waals surface area contributed by atoms with Crippen molar-refractivity contribution in [3.8, 4) is 28.7 Å². The van der Waals surface area contributed by atoms with Gasteiger partial charge in [-0.2, -0.15) is 5.26 Å². The Morgan fingerprint density at radius 2 is 1.81 bits per heavy atom. The van der Waals surface area contributed by atoms with Crippen molar-refractivity contribution >= 4 is 22.6 Å². The molecule has 0 radical (unpaired) electrons. The van der Waals surface area contributed by atoms with Crippen LogP contribution >= 0.6 is 0 Å². The normalized spacial score (nSPS) is 13.7. The number of nitrogen functional groups attached to an aromatic ring is 1. The minimum Gasteiger partial charge on any atom is -0.457 e. The van der Waals surface area contributed by atoms with Crippen molar-refractivity contribution in [1.29, 1.82) is 5.26 Å². The minimum atomic E-state index is -0.508. The molecule has 32 heavy (non-hydrogen) atoms. The van der Waals surface area contributed by atoms with Crippen LogP contribution in [0.25, 0.3) is 22.2 Å². The Kier molecular flexibility index (Phi) is 4.88. The Hall–Kier alpha value is -4.44. The van der Waals surface area contributed by atoms with Gasteiger partial charge < -0.3 is 15.5 Å². The van der Waals surface area contributed by atoms with Gasteiger partial charge >= 0.3 is 0 Å². The van der Waals surface area contributed by atoms with Crippen molar-refractivity contribution in [3.05, 3.63) is 78.3 Å². The molecule has 0 atom stereocenters. The number of nitrogens with two attached hydrogens (primary N) is 1. The molecule has 7 nitrogen and oxygen atoms in total.